The summed E-state index contributed by atoms with van der Waals surface area (Å²) in [6.07, 6.45) is 0. The van der Waals surface area contributed by atoms with Crippen molar-refractivity contribution in [2.75, 3.05) is 0 Å². The van der Waals surface area contributed by atoms with Crippen LogP contribution in [-0.4, -0.2) is 16.4 Å². The minimum absolute atomic E-state index is 0.291. The summed E-state index contributed by atoms with van der Waals surface area (Å²) in [5, 5.41) is 2.73. The molecule has 5 heteroatoms. The van der Waals surface area contributed by atoms with Crippen molar-refractivity contribution >= 4 is 11.8 Å². The van der Waals surface area contributed by atoms with Gasteiger partial charge in [0.05, 0.1) is 5.56 Å². The van der Waals surface area contributed by atoms with Crippen LogP contribution in [0.25, 0.3) is 0 Å². The fourth-order valence-corrected chi connectivity index (χ4v) is 2.69. The van der Waals surface area contributed by atoms with E-state index in [4.69, 9.17) is 5.73 Å². The number of carbonyl (C=O) groups excluding carboxylic acids is 2. The molecule has 0 spiro atoms. The van der Waals surface area contributed by atoms with Crippen LogP contribution in [0.2, 0.25) is 0 Å². The average molecular weight is 299 g/mol. The fraction of sp³-hybridized carbons (Fsp3) is 0.294. The molecule has 1 atom stereocenters. The van der Waals surface area contributed by atoms with Gasteiger partial charge in [-0.2, -0.15) is 0 Å². The van der Waals surface area contributed by atoms with Crippen molar-refractivity contribution in [1.82, 2.24) is 9.88 Å². The van der Waals surface area contributed by atoms with Crippen LogP contribution >= 0.6 is 0 Å². The number of hydrogen-bond acceptors (Lipinski definition) is 2. The second-order valence-corrected chi connectivity index (χ2v) is 5.25. The number of nitrogens with one attached hydrogen (secondary N) is 1. The van der Waals surface area contributed by atoms with Gasteiger partial charge in [-0.3, -0.25) is 9.59 Å². The van der Waals surface area contributed by atoms with E-state index in [1.54, 1.807) is 24.3 Å². The van der Waals surface area contributed by atoms with E-state index in [0.29, 0.717) is 11.1 Å². The minimum atomic E-state index is -0.835. The van der Waals surface area contributed by atoms with E-state index >= 15 is 0 Å². The largest absolute Gasteiger partial charge is 0.368 e. The SMILES string of the molecule is CCn1c(C)cc(C(=O)N[C@H](C(N)=O)c2ccccc2)c1C. The van der Waals surface area contributed by atoms with Crippen molar-refractivity contribution in [3.63, 3.8) is 0 Å². The average Bonchev–Trinajstić information content (AvgIpc) is 2.79. The maximum Gasteiger partial charge on any atom is 0.254 e. The summed E-state index contributed by atoms with van der Waals surface area (Å²) >= 11 is 0. The zero-order chi connectivity index (χ0) is 16.3. The first-order chi connectivity index (χ1) is 10.5. The number of nitrogens with zero attached hydrogens (tertiary/aromatic N) is 1. The number of primary amides is 1. The molecular weight excluding hydrogens is 278 g/mol. The van der Waals surface area contributed by atoms with Crippen LogP contribution < -0.4 is 11.1 Å². The molecule has 0 aliphatic rings. The van der Waals surface area contributed by atoms with Crippen LogP contribution in [0.4, 0.5) is 0 Å². The summed E-state index contributed by atoms with van der Waals surface area (Å²) in [4.78, 5) is 24.2. The Labute approximate surface area is 130 Å². The summed E-state index contributed by atoms with van der Waals surface area (Å²) in [7, 11) is 0. The van der Waals surface area contributed by atoms with Gasteiger partial charge in [0.1, 0.15) is 6.04 Å². The molecule has 0 fully saturated rings. The fourth-order valence-electron chi connectivity index (χ4n) is 2.69. The van der Waals surface area contributed by atoms with Gasteiger partial charge in [0.2, 0.25) is 5.91 Å². The van der Waals surface area contributed by atoms with Crippen molar-refractivity contribution in [2.45, 2.75) is 33.4 Å². The molecule has 3 N–H and O–H groups in total. The van der Waals surface area contributed by atoms with E-state index in [-0.39, 0.29) is 5.91 Å². The Kier molecular flexibility index (Phi) is 4.65. The van der Waals surface area contributed by atoms with Crippen LogP contribution in [0.3, 0.4) is 0 Å². The number of aryl methyl sites for hydroxylation is 1. The standard InChI is InChI=1S/C17H21N3O2/c1-4-20-11(2)10-14(12(20)3)17(22)19-15(16(18)21)13-8-6-5-7-9-13/h5-10,15H,4H2,1-3H3,(H2,18,21)(H,19,22)/t15-/m0/s1. The van der Waals surface area contributed by atoms with Crippen LogP contribution in [0.1, 0.15) is 40.3 Å². The van der Waals surface area contributed by atoms with E-state index in [2.05, 4.69) is 9.88 Å². The molecule has 1 aromatic heterocycles. The highest BCUT2D eigenvalue weighted by molar-refractivity contribution is 5.98. The molecule has 0 aliphatic carbocycles. The highest BCUT2D eigenvalue weighted by atomic mass is 16.2. The van der Waals surface area contributed by atoms with Gasteiger partial charge in [-0.15, -0.1) is 0 Å². The maximum atomic E-state index is 12.5. The number of carbonyl (C=O) groups is 2. The molecule has 116 valence electrons. The third-order valence-corrected chi connectivity index (χ3v) is 3.83. The first kappa shape index (κ1) is 15.8. The van der Waals surface area contributed by atoms with Crippen molar-refractivity contribution in [2.24, 2.45) is 5.73 Å². The van der Waals surface area contributed by atoms with Crippen molar-refractivity contribution in [3.05, 3.63) is 58.9 Å². The monoisotopic (exact) mass is 299 g/mol. The third-order valence-electron chi connectivity index (χ3n) is 3.83. The quantitative estimate of drug-likeness (QED) is 0.886. The maximum absolute atomic E-state index is 12.5. The first-order valence-corrected chi connectivity index (χ1v) is 7.27. The van der Waals surface area contributed by atoms with Crippen LogP contribution in [-0.2, 0) is 11.3 Å². The summed E-state index contributed by atoms with van der Waals surface area (Å²) in [5.41, 5.74) is 8.58. The van der Waals surface area contributed by atoms with Crippen molar-refractivity contribution in [3.8, 4) is 0 Å². The van der Waals surface area contributed by atoms with Crippen LogP contribution in [0, 0.1) is 13.8 Å². The van der Waals surface area contributed by atoms with Gasteiger partial charge < -0.3 is 15.6 Å². The Balaban J connectivity index is 2.28. The number of benzene rings is 1. The topological polar surface area (TPSA) is 77.1 Å². The van der Waals surface area contributed by atoms with Crippen LogP contribution in [0.15, 0.2) is 36.4 Å². The molecule has 0 saturated carbocycles. The number of rotatable bonds is 5. The van der Waals surface area contributed by atoms with E-state index < -0.39 is 11.9 Å². The molecule has 0 bridgehead atoms. The molecule has 0 unspecified atom stereocenters. The number of nitrogens with two attached hydrogens (primary N) is 1. The van der Waals surface area contributed by atoms with Gasteiger partial charge in [0.25, 0.3) is 5.91 Å². The van der Waals surface area contributed by atoms with E-state index in [9.17, 15) is 9.59 Å². The third kappa shape index (κ3) is 3.03. The zero-order valence-corrected chi connectivity index (χ0v) is 13.1. The molecule has 1 aromatic carbocycles. The molecule has 1 heterocycles. The lowest BCUT2D eigenvalue weighted by Gasteiger charge is -2.16. The number of hydrogen-bond donors (Lipinski definition) is 2. The van der Waals surface area contributed by atoms with Gasteiger partial charge in [-0.25, -0.2) is 0 Å². The number of amides is 2. The molecule has 22 heavy (non-hydrogen) atoms. The molecule has 2 aromatic rings. The first-order valence-electron chi connectivity index (χ1n) is 7.27. The molecule has 5 nitrogen and oxygen atoms in total. The molecule has 0 aliphatic heterocycles. The Morgan fingerprint density at radius 1 is 1.23 bits per heavy atom. The molecule has 0 saturated heterocycles. The highest BCUT2D eigenvalue weighted by Gasteiger charge is 2.23. The predicted octanol–water partition coefficient (Wildman–Crippen LogP) is 2.08. The normalized spacial score (nSPS) is 12.0. The lowest BCUT2D eigenvalue weighted by molar-refractivity contribution is -0.120. The Morgan fingerprint density at radius 2 is 1.86 bits per heavy atom. The summed E-state index contributed by atoms with van der Waals surface area (Å²) in [6, 6.07) is 9.99. The molecule has 2 amide bonds. The summed E-state index contributed by atoms with van der Waals surface area (Å²) in [5.74, 6) is -0.871. The number of aromatic nitrogens is 1. The molecular formula is C17H21N3O2. The van der Waals surface area contributed by atoms with Gasteiger partial charge >= 0.3 is 0 Å². The second kappa shape index (κ2) is 6.47. The Morgan fingerprint density at radius 3 is 2.36 bits per heavy atom. The van der Waals surface area contributed by atoms with Crippen molar-refractivity contribution in [1.29, 1.82) is 0 Å². The second-order valence-electron chi connectivity index (χ2n) is 5.25. The van der Waals surface area contributed by atoms with E-state index in [1.165, 1.54) is 0 Å². The van der Waals surface area contributed by atoms with Crippen LogP contribution in [0.5, 0.6) is 0 Å². The zero-order valence-electron chi connectivity index (χ0n) is 13.1. The Hall–Kier alpha value is -2.56. The minimum Gasteiger partial charge on any atom is -0.368 e. The van der Waals surface area contributed by atoms with Gasteiger partial charge in [-0.05, 0) is 32.4 Å². The van der Waals surface area contributed by atoms with E-state index in [1.807, 2.05) is 32.9 Å². The lowest BCUT2D eigenvalue weighted by atomic mass is 10.1. The predicted molar refractivity (Wildman–Crippen MR) is 85.4 cm³/mol. The molecule has 0 radical (unpaired) electrons. The van der Waals surface area contributed by atoms with E-state index in [0.717, 1.165) is 17.9 Å². The smallest absolute Gasteiger partial charge is 0.254 e. The Bertz CT molecular complexity index is 689. The summed E-state index contributed by atoms with van der Waals surface area (Å²) in [6.45, 7) is 6.67. The van der Waals surface area contributed by atoms with Gasteiger partial charge in [0.15, 0.2) is 0 Å². The van der Waals surface area contributed by atoms with Gasteiger partial charge in [-0.1, -0.05) is 30.3 Å². The van der Waals surface area contributed by atoms with Crippen molar-refractivity contribution < 1.29 is 9.59 Å². The lowest BCUT2D eigenvalue weighted by Crippen LogP contribution is -2.37. The molecule has 2 rings (SSSR count). The van der Waals surface area contributed by atoms with Gasteiger partial charge in [0, 0.05) is 17.9 Å². The highest BCUT2D eigenvalue weighted by Crippen LogP contribution is 2.17. The summed E-state index contributed by atoms with van der Waals surface area (Å²) < 4.78 is 2.05.